The molecule has 31 heavy (non-hydrogen) atoms. The summed E-state index contributed by atoms with van der Waals surface area (Å²) in [6.07, 6.45) is 8.49. The molecule has 0 N–H and O–H groups in total. The number of rotatable bonds is 0. The molecule has 7 nitrogen and oxygen atoms in total. The average Bonchev–Trinajstić information content (AvgIpc) is 3.02. The minimum atomic E-state index is -0.875. The minimum absolute atomic E-state index is 0.171. The summed E-state index contributed by atoms with van der Waals surface area (Å²) in [5.74, 6) is -1.75. The van der Waals surface area contributed by atoms with Gasteiger partial charge in [0, 0.05) is 24.9 Å². The highest BCUT2D eigenvalue weighted by atomic mass is 127. The third-order valence-corrected chi connectivity index (χ3v) is 7.55. The third kappa shape index (κ3) is 2.37. The first kappa shape index (κ1) is 18.9. The lowest BCUT2D eigenvalue weighted by atomic mass is 9.77. The summed E-state index contributed by atoms with van der Waals surface area (Å²) in [5, 5.41) is 4.77. The van der Waals surface area contributed by atoms with E-state index in [1.54, 1.807) is 31.0 Å². The van der Waals surface area contributed by atoms with Crippen LogP contribution in [-0.4, -0.2) is 39.4 Å². The van der Waals surface area contributed by atoms with Gasteiger partial charge in [0.1, 0.15) is 17.8 Å². The first-order chi connectivity index (χ1) is 14.9. The van der Waals surface area contributed by atoms with Crippen LogP contribution in [0.3, 0.4) is 0 Å². The predicted octanol–water partition coefficient (Wildman–Crippen LogP) is 3.23. The third-order valence-electron chi connectivity index (χ3n) is 6.25. The lowest BCUT2D eigenvalue weighted by Crippen LogP contribution is -2.54. The Morgan fingerprint density at radius 1 is 1.26 bits per heavy atom. The number of hydrogen-bond donors (Lipinski definition) is 0. The standard InChI is InChI=1S/C21H16F2IN7/c1-11-18-16(12-4-6-25-9-14(12)31(24)21(11)29(2)10-27-31)13-8-15(22)28-19(23)17(13)20-26-5-3-7-30(18)20/h3-10,16,18,21H,1H2,2H3/q+2. The van der Waals surface area contributed by atoms with Gasteiger partial charge in [-0.25, -0.2) is 4.57 Å². The smallest absolute Gasteiger partial charge is 0.305 e. The van der Waals surface area contributed by atoms with Crippen molar-refractivity contribution in [3.63, 3.8) is 0 Å². The van der Waals surface area contributed by atoms with Gasteiger partial charge >= 0.3 is 5.82 Å². The van der Waals surface area contributed by atoms with E-state index in [-0.39, 0.29) is 20.6 Å². The summed E-state index contributed by atoms with van der Waals surface area (Å²) >= 11 is 2.29. The maximum Gasteiger partial charge on any atom is 0.335 e. The molecule has 0 saturated heterocycles. The van der Waals surface area contributed by atoms with Gasteiger partial charge in [0.05, 0.1) is 23.9 Å². The van der Waals surface area contributed by atoms with Crippen LogP contribution in [0, 0.1) is 11.9 Å². The second-order valence-corrected chi connectivity index (χ2v) is 9.33. The van der Waals surface area contributed by atoms with Crippen molar-refractivity contribution < 1.29 is 13.3 Å². The summed E-state index contributed by atoms with van der Waals surface area (Å²) in [4.78, 5) is 14.2. The molecule has 154 valence electrons. The average molecular weight is 531 g/mol. The number of aromatic nitrogens is 4. The van der Waals surface area contributed by atoms with Crippen molar-refractivity contribution >= 4 is 34.9 Å². The monoisotopic (exact) mass is 531 g/mol. The summed E-state index contributed by atoms with van der Waals surface area (Å²) in [6, 6.07) is 4.68. The van der Waals surface area contributed by atoms with Gasteiger partial charge in [0.25, 0.3) is 22.9 Å². The highest BCUT2D eigenvalue weighted by molar-refractivity contribution is 14.1. The zero-order chi connectivity index (χ0) is 21.5. The summed E-state index contributed by atoms with van der Waals surface area (Å²) in [5.41, 5.74) is 3.30. The Labute approximate surface area is 190 Å². The molecule has 10 heteroatoms. The number of halogens is 3. The quantitative estimate of drug-likeness (QED) is 0.147. The minimum Gasteiger partial charge on any atom is -0.305 e. The maximum absolute atomic E-state index is 15.0. The van der Waals surface area contributed by atoms with E-state index in [0.717, 1.165) is 16.8 Å². The lowest BCUT2D eigenvalue weighted by molar-refractivity contribution is -0.711. The van der Waals surface area contributed by atoms with Crippen LogP contribution in [0.25, 0.3) is 11.4 Å². The zero-order valence-electron chi connectivity index (χ0n) is 16.3. The first-order valence-corrected chi connectivity index (χ1v) is 10.6. The Bertz CT molecular complexity index is 1310. The number of quaternary nitrogens is 1. The van der Waals surface area contributed by atoms with Crippen LogP contribution >= 0.6 is 22.9 Å². The number of hydrogen-bond acceptors (Lipinski definition) is 5. The predicted molar refractivity (Wildman–Crippen MR) is 118 cm³/mol. The van der Waals surface area contributed by atoms with E-state index in [9.17, 15) is 4.39 Å². The highest BCUT2D eigenvalue weighted by Gasteiger charge is 2.58. The van der Waals surface area contributed by atoms with E-state index in [0.29, 0.717) is 11.4 Å². The van der Waals surface area contributed by atoms with Crippen LogP contribution in [0.1, 0.15) is 23.1 Å². The number of fused-ring (bicyclic) bond motifs is 10. The molecule has 0 aliphatic carbocycles. The molecule has 0 saturated carbocycles. The van der Waals surface area contributed by atoms with Gasteiger partial charge in [-0.1, -0.05) is 14.5 Å². The van der Waals surface area contributed by atoms with Crippen LogP contribution in [0.2, 0.25) is 0 Å². The van der Waals surface area contributed by atoms with E-state index >= 15 is 4.39 Å². The molecule has 3 aromatic heterocycles. The van der Waals surface area contributed by atoms with E-state index in [1.165, 1.54) is 6.07 Å². The Morgan fingerprint density at radius 3 is 2.94 bits per heavy atom. The van der Waals surface area contributed by atoms with Crippen LogP contribution in [0.15, 0.2) is 60.2 Å². The molecular weight excluding hydrogens is 515 g/mol. The van der Waals surface area contributed by atoms with E-state index in [1.807, 2.05) is 28.8 Å². The molecule has 0 spiro atoms. The van der Waals surface area contributed by atoms with E-state index in [2.05, 4.69) is 44.4 Å². The van der Waals surface area contributed by atoms with Gasteiger partial charge in [-0.05, 0) is 22.7 Å². The number of nitrogens with zero attached hydrogens (tertiary/aromatic N) is 7. The Balaban J connectivity index is 1.76. The van der Waals surface area contributed by atoms with Crippen molar-refractivity contribution in [2.45, 2.75) is 18.1 Å². The zero-order valence-corrected chi connectivity index (χ0v) is 18.5. The molecule has 3 aromatic rings. The fourth-order valence-electron chi connectivity index (χ4n) is 5.10. The van der Waals surface area contributed by atoms with Crippen LogP contribution < -0.4 is 7.37 Å². The molecule has 0 amide bonds. The molecule has 3 aliphatic heterocycles. The topological polar surface area (TPSA) is 58.2 Å². The van der Waals surface area contributed by atoms with Gasteiger partial charge in [-0.3, -0.25) is 4.98 Å². The summed E-state index contributed by atoms with van der Waals surface area (Å²) in [6.45, 7) is 4.48. The van der Waals surface area contributed by atoms with Crippen LogP contribution in [0.4, 0.5) is 14.5 Å². The molecule has 4 unspecified atom stereocenters. The number of pyridine rings is 2. The molecule has 6 heterocycles. The first-order valence-electron chi connectivity index (χ1n) is 9.63. The molecule has 0 radical (unpaired) electrons. The molecule has 0 fully saturated rings. The Morgan fingerprint density at radius 2 is 2.10 bits per heavy atom. The largest absolute Gasteiger partial charge is 0.335 e. The van der Waals surface area contributed by atoms with Crippen molar-refractivity contribution in [1.29, 1.82) is 0 Å². The summed E-state index contributed by atoms with van der Waals surface area (Å²) < 4.78 is 31.5. The van der Waals surface area contributed by atoms with E-state index < -0.39 is 17.8 Å². The molecule has 3 aliphatic rings. The van der Waals surface area contributed by atoms with Gasteiger partial charge in [-0.15, -0.1) is 0 Å². The fraction of sp³-hybridized carbons (Fsp3) is 0.190. The van der Waals surface area contributed by atoms with Gasteiger partial charge in [0.2, 0.25) is 18.1 Å². The Hall–Kier alpha value is -2.86. The second-order valence-electron chi connectivity index (χ2n) is 7.85. The molecule has 0 aromatic carbocycles. The lowest BCUT2D eigenvalue weighted by Gasteiger charge is -2.33. The second kappa shape index (κ2) is 6.33. The van der Waals surface area contributed by atoms with Crippen molar-refractivity contribution in [2.24, 2.45) is 5.10 Å². The summed E-state index contributed by atoms with van der Waals surface area (Å²) in [7, 11) is 1.95. The van der Waals surface area contributed by atoms with Gasteiger partial charge < -0.3 is 4.90 Å². The number of likely N-dealkylation sites (N-methyl/N-ethyl adjacent to an activating group) is 1. The van der Waals surface area contributed by atoms with Gasteiger partial charge in [0.15, 0.2) is 12.0 Å². The Kier molecular flexibility index (Phi) is 3.85. The normalized spacial score (nSPS) is 27.7. The van der Waals surface area contributed by atoms with Crippen molar-refractivity contribution in [2.75, 3.05) is 7.05 Å². The fourth-order valence-corrected chi connectivity index (χ4v) is 6.37. The van der Waals surface area contributed by atoms with Crippen molar-refractivity contribution in [3.05, 3.63) is 78.2 Å². The van der Waals surface area contributed by atoms with Crippen molar-refractivity contribution in [1.82, 2.24) is 22.7 Å². The van der Waals surface area contributed by atoms with Crippen LogP contribution in [-0.2, 0) is 0 Å². The maximum atomic E-state index is 15.0. The van der Waals surface area contributed by atoms with Crippen molar-refractivity contribution in [3.8, 4) is 11.4 Å². The SMILES string of the molecule is C=C1C2C(c3ccncc3[N+]3(I)N=CN(C)C13)c1cc(F)nc(F)c1-c1nccc[n+]12. The molecule has 0 bridgehead atoms. The molecule has 4 atom stereocenters. The highest BCUT2D eigenvalue weighted by Crippen LogP contribution is 2.55. The van der Waals surface area contributed by atoms with Crippen LogP contribution in [0.5, 0.6) is 0 Å². The molecule has 6 rings (SSSR count). The van der Waals surface area contributed by atoms with Gasteiger partial charge in [-0.2, -0.15) is 13.8 Å². The molecular formula is C21H16F2IN7+2. The van der Waals surface area contributed by atoms with E-state index in [4.69, 9.17) is 5.10 Å².